The Bertz CT molecular complexity index is 225. The summed E-state index contributed by atoms with van der Waals surface area (Å²) in [4.78, 5) is 11.7. The molecule has 0 aromatic carbocycles. The monoisotopic (exact) mass is 228 g/mol. The molecule has 0 bridgehead atoms. The first-order valence-electron chi connectivity index (χ1n) is 6.05. The second kappa shape index (κ2) is 6.21. The minimum Gasteiger partial charge on any atom is -0.384 e. The van der Waals surface area contributed by atoms with Gasteiger partial charge in [-0.2, -0.15) is 0 Å². The minimum absolute atomic E-state index is 0.0599. The van der Waals surface area contributed by atoms with Crippen molar-refractivity contribution in [2.45, 2.75) is 26.7 Å². The fourth-order valence-corrected chi connectivity index (χ4v) is 2.01. The Balaban J connectivity index is 2.29. The summed E-state index contributed by atoms with van der Waals surface area (Å²) in [7, 11) is 1.62. The van der Waals surface area contributed by atoms with Gasteiger partial charge in [-0.3, -0.25) is 4.79 Å². The molecule has 0 spiro atoms. The summed E-state index contributed by atoms with van der Waals surface area (Å²) in [6.45, 7) is 7.52. The van der Waals surface area contributed by atoms with E-state index in [-0.39, 0.29) is 17.2 Å². The molecule has 0 aromatic heterocycles. The lowest BCUT2D eigenvalue weighted by atomic mass is 9.81. The van der Waals surface area contributed by atoms with Crippen LogP contribution < -0.4 is 10.6 Å². The van der Waals surface area contributed by atoms with E-state index in [2.05, 4.69) is 17.6 Å². The van der Waals surface area contributed by atoms with Crippen molar-refractivity contribution in [3.05, 3.63) is 0 Å². The summed E-state index contributed by atoms with van der Waals surface area (Å²) in [6, 6.07) is 0. The van der Waals surface area contributed by atoms with E-state index in [9.17, 15) is 4.79 Å². The third-order valence-electron chi connectivity index (χ3n) is 3.36. The van der Waals surface area contributed by atoms with E-state index in [0.717, 1.165) is 32.5 Å². The first-order valence-corrected chi connectivity index (χ1v) is 6.05. The van der Waals surface area contributed by atoms with Crippen LogP contribution in [-0.4, -0.2) is 39.3 Å². The highest BCUT2D eigenvalue weighted by Gasteiger charge is 2.27. The highest BCUT2D eigenvalue weighted by Crippen LogP contribution is 2.26. The zero-order valence-electron chi connectivity index (χ0n) is 10.6. The first kappa shape index (κ1) is 13.5. The van der Waals surface area contributed by atoms with Gasteiger partial charge in [-0.05, 0) is 31.3 Å². The molecule has 1 atom stereocenters. The maximum absolute atomic E-state index is 11.7. The van der Waals surface area contributed by atoms with Gasteiger partial charge in [0.25, 0.3) is 0 Å². The molecule has 1 amide bonds. The van der Waals surface area contributed by atoms with Crippen molar-refractivity contribution in [1.82, 2.24) is 10.6 Å². The molecular weight excluding hydrogens is 204 g/mol. The SMILES string of the molecule is COCC(C)C(=O)NCC1(C)CCNCC1. The summed E-state index contributed by atoms with van der Waals surface area (Å²) in [5, 5.41) is 6.37. The molecule has 94 valence electrons. The van der Waals surface area contributed by atoms with Crippen molar-refractivity contribution in [2.75, 3.05) is 33.4 Å². The third-order valence-corrected chi connectivity index (χ3v) is 3.36. The molecule has 2 N–H and O–H groups in total. The Morgan fingerprint density at radius 1 is 1.50 bits per heavy atom. The highest BCUT2D eigenvalue weighted by atomic mass is 16.5. The lowest BCUT2D eigenvalue weighted by Gasteiger charge is -2.34. The van der Waals surface area contributed by atoms with E-state index in [1.807, 2.05) is 6.92 Å². The zero-order valence-corrected chi connectivity index (χ0v) is 10.6. The molecule has 1 fully saturated rings. The molecule has 16 heavy (non-hydrogen) atoms. The van der Waals surface area contributed by atoms with Crippen molar-refractivity contribution < 1.29 is 9.53 Å². The van der Waals surface area contributed by atoms with Crippen LogP contribution in [0.25, 0.3) is 0 Å². The van der Waals surface area contributed by atoms with Crippen LogP contribution in [0.15, 0.2) is 0 Å². The molecule has 1 rings (SSSR count). The van der Waals surface area contributed by atoms with Crippen molar-refractivity contribution >= 4 is 5.91 Å². The number of carbonyl (C=O) groups excluding carboxylic acids is 1. The fourth-order valence-electron chi connectivity index (χ4n) is 2.01. The van der Waals surface area contributed by atoms with Gasteiger partial charge in [0, 0.05) is 13.7 Å². The zero-order chi connectivity index (χ0) is 12.0. The van der Waals surface area contributed by atoms with Gasteiger partial charge in [0.15, 0.2) is 0 Å². The summed E-state index contributed by atoms with van der Waals surface area (Å²) >= 11 is 0. The number of hydrogen-bond donors (Lipinski definition) is 2. The third kappa shape index (κ3) is 4.10. The van der Waals surface area contributed by atoms with Crippen LogP contribution in [0, 0.1) is 11.3 Å². The summed E-state index contributed by atoms with van der Waals surface area (Å²) < 4.78 is 4.97. The Morgan fingerprint density at radius 2 is 2.12 bits per heavy atom. The largest absolute Gasteiger partial charge is 0.384 e. The van der Waals surface area contributed by atoms with E-state index in [1.165, 1.54) is 0 Å². The van der Waals surface area contributed by atoms with Gasteiger partial charge in [0.2, 0.25) is 5.91 Å². The van der Waals surface area contributed by atoms with E-state index in [4.69, 9.17) is 4.74 Å². The molecule has 1 saturated heterocycles. The van der Waals surface area contributed by atoms with Gasteiger partial charge in [0.05, 0.1) is 12.5 Å². The quantitative estimate of drug-likeness (QED) is 0.731. The van der Waals surface area contributed by atoms with Crippen LogP contribution in [0.3, 0.4) is 0 Å². The number of piperidine rings is 1. The Morgan fingerprint density at radius 3 is 2.69 bits per heavy atom. The predicted octanol–water partition coefficient (Wildman–Crippen LogP) is 0.775. The molecule has 4 nitrogen and oxygen atoms in total. The van der Waals surface area contributed by atoms with Gasteiger partial charge in [-0.15, -0.1) is 0 Å². The Kier molecular flexibility index (Phi) is 5.22. The van der Waals surface area contributed by atoms with E-state index < -0.39 is 0 Å². The molecular formula is C12H24N2O2. The summed E-state index contributed by atoms with van der Waals surface area (Å²) in [5.41, 5.74) is 0.258. The van der Waals surface area contributed by atoms with Crippen LogP contribution >= 0.6 is 0 Å². The topological polar surface area (TPSA) is 50.4 Å². The molecule has 0 aromatic rings. The van der Waals surface area contributed by atoms with Gasteiger partial charge >= 0.3 is 0 Å². The molecule has 0 radical (unpaired) electrons. The number of nitrogens with one attached hydrogen (secondary N) is 2. The lowest BCUT2D eigenvalue weighted by molar-refractivity contribution is -0.126. The van der Waals surface area contributed by atoms with E-state index >= 15 is 0 Å². The van der Waals surface area contributed by atoms with Crippen LogP contribution in [-0.2, 0) is 9.53 Å². The predicted molar refractivity (Wildman–Crippen MR) is 64.3 cm³/mol. The average molecular weight is 228 g/mol. The van der Waals surface area contributed by atoms with E-state index in [0.29, 0.717) is 6.61 Å². The van der Waals surface area contributed by atoms with Crippen LogP contribution in [0.5, 0.6) is 0 Å². The molecule has 1 aliphatic rings. The van der Waals surface area contributed by atoms with Crippen LogP contribution in [0.1, 0.15) is 26.7 Å². The van der Waals surface area contributed by atoms with Crippen molar-refractivity contribution in [1.29, 1.82) is 0 Å². The molecule has 1 unspecified atom stereocenters. The second-order valence-corrected chi connectivity index (χ2v) is 5.13. The van der Waals surface area contributed by atoms with Gasteiger partial charge in [-0.25, -0.2) is 0 Å². The first-order chi connectivity index (χ1) is 7.57. The van der Waals surface area contributed by atoms with Crippen LogP contribution in [0.2, 0.25) is 0 Å². The molecule has 1 heterocycles. The Labute approximate surface area is 98.1 Å². The smallest absolute Gasteiger partial charge is 0.225 e. The van der Waals surface area contributed by atoms with Gasteiger partial charge in [0.1, 0.15) is 0 Å². The minimum atomic E-state index is -0.0599. The van der Waals surface area contributed by atoms with Gasteiger partial charge in [-0.1, -0.05) is 13.8 Å². The maximum Gasteiger partial charge on any atom is 0.225 e. The standard InChI is InChI=1S/C12H24N2O2/c1-10(8-16-3)11(15)14-9-12(2)4-6-13-7-5-12/h10,13H,4-9H2,1-3H3,(H,14,15). The fraction of sp³-hybridized carbons (Fsp3) is 0.917. The normalized spacial score (nSPS) is 21.4. The number of amides is 1. The summed E-state index contributed by atoms with van der Waals surface area (Å²) in [6.07, 6.45) is 2.26. The number of ether oxygens (including phenoxy) is 1. The molecule has 0 aliphatic carbocycles. The second-order valence-electron chi connectivity index (χ2n) is 5.13. The van der Waals surface area contributed by atoms with Gasteiger partial charge < -0.3 is 15.4 Å². The van der Waals surface area contributed by atoms with Crippen molar-refractivity contribution in [3.63, 3.8) is 0 Å². The number of methoxy groups -OCH3 is 1. The van der Waals surface area contributed by atoms with Crippen molar-refractivity contribution in [2.24, 2.45) is 11.3 Å². The summed E-state index contributed by atoms with van der Waals surface area (Å²) in [5.74, 6) is 0.0388. The molecule has 4 heteroatoms. The van der Waals surface area contributed by atoms with Crippen molar-refractivity contribution in [3.8, 4) is 0 Å². The maximum atomic E-state index is 11.7. The van der Waals surface area contributed by atoms with E-state index in [1.54, 1.807) is 7.11 Å². The van der Waals surface area contributed by atoms with Crippen LogP contribution in [0.4, 0.5) is 0 Å². The lowest BCUT2D eigenvalue weighted by Crippen LogP contribution is -2.44. The average Bonchev–Trinajstić information content (AvgIpc) is 2.27. The molecule has 0 saturated carbocycles. The molecule has 1 aliphatic heterocycles. The number of hydrogen-bond acceptors (Lipinski definition) is 3. The number of rotatable bonds is 5. The Hall–Kier alpha value is -0.610. The number of carbonyl (C=O) groups is 1. The highest BCUT2D eigenvalue weighted by molar-refractivity contribution is 5.78.